The number of rotatable bonds is 4. The predicted octanol–water partition coefficient (Wildman–Crippen LogP) is 3.56. The fraction of sp³-hybridized carbons (Fsp3) is 0.923. The molecule has 1 N–H and O–H groups in total. The van der Waals surface area contributed by atoms with E-state index in [1.165, 1.54) is 6.42 Å². The number of hydrogen-bond donors (Lipinski definition) is 1. The van der Waals surface area contributed by atoms with Gasteiger partial charge in [0.1, 0.15) is 0 Å². The first-order chi connectivity index (χ1) is 7.06. The second-order valence-electron chi connectivity index (χ2n) is 5.26. The maximum absolute atomic E-state index is 11.2. The monoisotopic (exact) mass is 212 g/mol. The summed E-state index contributed by atoms with van der Waals surface area (Å²) >= 11 is 0. The molecule has 0 saturated heterocycles. The molecule has 15 heavy (non-hydrogen) atoms. The molecule has 0 spiro atoms. The van der Waals surface area contributed by atoms with Gasteiger partial charge < -0.3 is 5.11 Å². The van der Waals surface area contributed by atoms with Crippen molar-refractivity contribution in [1.29, 1.82) is 0 Å². The Hall–Kier alpha value is -0.530. The highest BCUT2D eigenvalue weighted by Gasteiger charge is 2.33. The van der Waals surface area contributed by atoms with E-state index in [2.05, 4.69) is 20.8 Å². The van der Waals surface area contributed by atoms with Gasteiger partial charge in [-0.05, 0) is 37.0 Å². The molecule has 1 aliphatic carbocycles. The van der Waals surface area contributed by atoms with Gasteiger partial charge >= 0.3 is 5.97 Å². The lowest BCUT2D eigenvalue weighted by Gasteiger charge is -2.35. The lowest BCUT2D eigenvalue weighted by molar-refractivity contribution is -0.144. The highest BCUT2D eigenvalue weighted by molar-refractivity contribution is 5.70. The summed E-state index contributed by atoms with van der Waals surface area (Å²) in [5.41, 5.74) is 0. The summed E-state index contributed by atoms with van der Waals surface area (Å²) in [4.78, 5) is 11.2. The molecular formula is C13H24O2. The minimum Gasteiger partial charge on any atom is -0.481 e. The van der Waals surface area contributed by atoms with Gasteiger partial charge in [-0.2, -0.15) is 0 Å². The van der Waals surface area contributed by atoms with Gasteiger partial charge in [-0.3, -0.25) is 4.79 Å². The summed E-state index contributed by atoms with van der Waals surface area (Å²) in [5, 5.41) is 9.21. The number of carboxylic acid groups (broad SMARTS) is 1. The summed E-state index contributed by atoms with van der Waals surface area (Å²) in [6.07, 6.45) is 5.26. The average Bonchev–Trinajstić information content (AvgIpc) is 2.18. The molecule has 1 aliphatic rings. The molecule has 1 rings (SSSR count). The van der Waals surface area contributed by atoms with Crippen molar-refractivity contribution < 1.29 is 9.90 Å². The van der Waals surface area contributed by atoms with Crippen molar-refractivity contribution in [3.05, 3.63) is 0 Å². The van der Waals surface area contributed by atoms with Gasteiger partial charge in [0.05, 0.1) is 5.92 Å². The van der Waals surface area contributed by atoms with Crippen molar-refractivity contribution in [3.63, 3.8) is 0 Å². The highest BCUT2D eigenvalue weighted by Crippen LogP contribution is 2.38. The van der Waals surface area contributed by atoms with Crippen molar-refractivity contribution in [2.24, 2.45) is 23.7 Å². The largest absolute Gasteiger partial charge is 0.481 e. The Morgan fingerprint density at radius 3 is 2.47 bits per heavy atom. The minimum atomic E-state index is -0.580. The summed E-state index contributed by atoms with van der Waals surface area (Å²) in [7, 11) is 0. The van der Waals surface area contributed by atoms with Crippen LogP contribution in [0.25, 0.3) is 0 Å². The first-order valence-electron chi connectivity index (χ1n) is 6.29. The molecule has 0 aromatic carbocycles. The van der Waals surface area contributed by atoms with Crippen LogP contribution in [0.5, 0.6) is 0 Å². The Morgan fingerprint density at radius 2 is 2.00 bits per heavy atom. The third kappa shape index (κ3) is 3.22. The van der Waals surface area contributed by atoms with Gasteiger partial charge in [0.15, 0.2) is 0 Å². The second-order valence-corrected chi connectivity index (χ2v) is 5.26. The second kappa shape index (κ2) is 5.53. The van der Waals surface area contributed by atoms with E-state index in [4.69, 9.17) is 0 Å². The smallest absolute Gasteiger partial charge is 0.306 e. The normalized spacial score (nSPS) is 33.7. The number of aliphatic carboxylic acids is 1. The van der Waals surface area contributed by atoms with Gasteiger partial charge in [-0.25, -0.2) is 0 Å². The maximum Gasteiger partial charge on any atom is 0.306 e. The first kappa shape index (κ1) is 12.5. The molecular weight excluding hydrogens is 188 g/mol. The van der Waals surface area contributed by atoms with Crippen LogP contribution in [-0.4, -0.2) is 11.1 Å². The van der Waals surface area contributed by atoms with E-state index < -0.39 is 5.97 Å². The van der Waals surface area contributed by atoms with Gasteiger partial charge in [-0.15, -0.1) is 0 Å². The van der Waals surface area contributed by atoms with Crippen LogP contribution in [0.1, 0.15) is 52.9 Å². The molecule has 0 aromatic rings. The molecule has 0 aromatic heterocycles. The van der Waals surface area contributed by atoms with Crippen molar-refractivity contribution in [2.75, 3.05) is 0 Å². The zero-order chi connectivity index (χ0) is 11.4. The Bertz CT molecular complexity index is 213. The summed E-state index contributed by atoms with van der Waals surface area (Å²) in [6, 6.07) is 0. The van der Waals surface area contributed by atoms with Crippen LogP contribution in [0.2, 0.25) is 0 Å². The van der Waals surface area contributed by atoms with Crippen LogP contribution in [-0.2, 0) is 4.79 Å². The molecule has 88 valence electrons. The zero-order valence-corrected chi connectivity index (χ0v) is 10.2. The molecule has 0 radical (unpaired) electrons. The highest BCUT2D eigenvalue weighted by atomic mass is 16.4. The molecule has 0 aliphatic heterocycles. The number of hydrogen-bond acceptors (Lipinski definition) is 1. The average molecular weight is 212 g/mol. The van der Waals surface area contributed by atoms with E-state index in [0.717, 1.165) is 31.6 Å². The SMILES string of the molecule is CCCC(C(=O)O)C1CCC(C)C(C)C1. The van der Waals surface area contributed by atoms with E-state index in [1.807, 2.05) is 0 Å². The van der Waals surface area contributed by atoms with E-state index >= 15 is 0 Å². The summed E-state index contributed by atoms with van der Waals surface area (Å²) in [6.45, 7) is 6.63. The molecule has 0 bridgehead atoms. The number of carbonyl (C=O) groups is 1. The van der Waals surface area contributed by atoms with Gasteiger partial charge in [0.25, 0.3) is 0 Å². The fourth-order valence-corrected chi connectivity index (χ4v) is 2.83. The van der Waals surface area contributed by atoms with Gasteiger partial charge in [0.2, 0.25) is 0 Å². The third-order valence-corrected chi connectivity index (χ3v) is 4.12. The van der Waals surface area contributed by atoms with E-state index in [9.17, 15) is 9.90 Å². The summed E-state index contributed by atoms with van der Waals surface area (Å²) < 4.78 is 0. The molecule has 1 fully saturated rings. The number of carboxylic acids is 1. The molecule has 0 heterocycles. The van der Waals surface area contributed by atoms with Crippen LogP contribution >= 0.6 is 0 Å². The van der Waals surface area contributed by atoms with Crippen molar-refractivity contribution in [3.8, 4) is 0 Å². The van der Waals surface area contributed by atoms with E-state index in [1.54, 1.807) is 0 Å². The van der Waals surface area contributed by atoms with Crippen LogP contribution in [0, 0.1) is 23.7 Å². The van der Waals surface area contributed by atoms with Gasteiger partial charge in [-0.1, -0.05) is 33.6 Å². The first-order valence-corrected chi connectivity index (χ1v) is 6.29. The van der Waals surface area contributed by atoms with Crippen LogP contribution in [0.15, 0.2) is 0 Å². The third-order valence-electron chi connectivity index (χ3n) is 4.12. The van der Waals surface area contributed by atoms with Crippen molar-refractivity contribution in [2.45, 2.75) is 52.9 Å². The van der Waals surface area contributed by atoms with Crippen molar-refractivity contribution >= 4 is 5.97 Å². The van der Waals surface area contributed by atoms with Crippen LogP contribution in [0.3, 0.4) is 0 Å². The molecule has 4 atom stereocenters. The van der Waals surface area contributed by atoms with Crippen LogP contribution in [0.4, 0.5) is 0 Å². The van der Waals surface area contributed by atoms with Crippen LogP contribution < -0.4 is 0 Å². The Labute approximate surface area is 93.1 Å². The lowest BCUT2D eigenvalue weighted by atomic mass is 9.70. The van der Waals surface area contributed by atoms with Gasteiger partial charge in [0, 0.05) is 0 Å². The molecule has 2 nitrogen and oxygen atoms in total. The Kier molecular flexibility index (Phi) is 4.62. The molecule has 2 heteroatoms. The minimum absolute atomic E-state index is 0.0926. The molecule has 4 unspecified atom stereocenters. The standard InChI is InChI=1S/C13H24O2/c1-4-5-12(13(14)15)11-7-6-9(2)10(3)8-11/h9-12H,4-8H2,1-3H3,(H,14,15). The van der Waals surface area contributed by atoms with E-state index in [-0.39, 0.29) is 5.92 Å². The molecule has 0 amide bonds. The Balaban J connectivity index is 2.57. The maximum atomic E-state index is 11.2. The topological polar surface area (TPSA) is 37.3 Å². The predicted molar refractivity (Wildman–Crippen MR) is 61.7 cm³/mol. The Morgan fingerprint density at radius 1 is 1.33 bits per heavy atom. The fourth-order valence-electron chi connectivity index (χ4n) is 2.83. The van der Waals surface area contributed by atoms with E-state index in [0.29, 0.717) is 11.8 Å². The van der Waals surface area contributed by atoms with Crippen molar-refractivity contribution in [1.82, 2.24) is 0 Å². The quantitative estimate of drug-likeness (QED) is 0.773. The zero-order valence-electron chi connectivity index (χ0n) is 10.2. The molecule has 1 saturated carbocycles. The lowest BCUT2D eigenvalue weighted by Crippen LogP contribution is -2.30. The summed E-state index contributed by atoms with van der Waals surface area (Å²) in [5.74, 6) is 1.22.